The Morgan fingerprint density at radius 2 is 1.86 bits per heavy atom. The van der Waals surface area contributed by atoms with E-state index >= 15 is 0 Å². The van der Waals surface area contributed by atoms with Crippen molar-refractivity contribution < 1.29 is 19.1 Å². The highest BCUT2D eigenvalue weighted by Gasteiger charge is 2.17. The maximum absolute atomic E-state index is 12.6. The van der Waals surface area contributed by atoms with Crippen molar-refractivity contribution in [1.82, 2.24) is 29.3 Å². The van der Waals surface area contributed by atoms with Crippen molar-refractivity contribution in [1.29, 1.82) is 0 Å². The summed E-state index contributed by atoms with van der Waals surface area (Å²) in [5, 5.41) is 6.69. The van der Waals surface area contributed by atoms with Gasteiger partial charge in [-0.3, -0.25) is 28.6 Å². The number of nitrogens with one attached hydrogen (secondary N) is 1. The smallest absolute Gasteiger partial charge is 0.313 e. The molecule has 178 valence electrons. The summed E-state index contributed by atoms with van der Waals surface area (Å²) in [6, 6.07) is 6.66. The summed E-state index contributed by atoms with van der Waals surface area (Å²) in [5.74, 6) is 0.167. The van der Waals surface area contributed by atoms with E-state index in [4.69, 9.17) is 4.74 Å². The fourth-order valence-corrected chi connectivity index (χ4v) is 3.12. The zero-order valence-electron chi connectivity index (χ0n) is 19.1. The minimum atomic E-state index is -0.681. The fourth-order valence-electron chi connectivity index (χ4n) is 3.12. The lowest BCUT2D eigenvalue weighted by molar-refractivity contribution is -0.140. The summed E-state index contributed by atoms with van der Waals surface area (Å²) in [7, 11) is 4.49. The molecule has 0 fully saturated rings. The lowest BCUT2D eigenvalue weighted by atomic mass is 10.2. The molecule has 0 aliphatic rings. The largest absolute Gasteiger partial charge is 0.469 e. The molecule has 4 heterocycles. The van der Waals surface area contributed by atoms with Crippen LogP contribution in [-0.4, -0.2) is 48.3 Å². The first kappa shape index (κ1) is 23.3. The molecule has 0 saturated carbocycles. The average molecular weight is 475 g/mol. The van der Waals surface area contributed by atoms with Gasteiger partial charge in [0.25, 0.3) is 11.5 Å². The van der Waals surface area contributed by atoms with Crippen LogP contribution in [0.1, 0.15) is 16.2 Å². The second-order valence-electron chi connectivity index (χ2n) is 7.42. The summed E-state index contributed by atoms with van der Waals surface area (Å²) in [4.78, 5) is 49.1. The van der Waals surface area contributed by atoms with Crippen LogP contribution < -0.4 is 15.6 Å². The molecule has 0 aliphatic heterocycles. The van der Waals surface area contributed by atoms with Gasteiger partial charge in [0.15, 0.2) is 0 Å². The highest BCUT2D eigenvalue weighted by molar-refractivity contribution is 6.03. The Labute approximate surface area is 199 Å². The quantitative estimate of drug-likeness (QED) is 0.395. The van der Waals surface area contributed by atoms with Gasteiger partial charge in [0, 0.05) is 44.3 Å². The van der Waals surface area contributed by atoms with Crippen LogP contribution in [0, 0.1) is 0 Å². The zero-order valence-corrected chi connectivity index (χ0v) is 19.1. The first-order chi connectivity index (χ1) is 16.8. The van der Waals surface area contributed by atoms with Gasteiger partial charge in [0.1, 0.15) is 35.1 Å². The molecule has 0 unspecified atom stereocenters. The summed E-state index contributed by atoms with van der Waals surface area (Å²) >= 11 is 0. The second-order valence-corrected chi connectivity index (χ2v) is 7.42. The number of carbonyl (C=O) groups excluding carboxylic acids is 2. The number of amides is 1. The van der Waals surface area contributed by atoms with Gasteiger partial charge in [-0.15, -0.1) is 0 Å². The Morgan fingerprint density at radius 1 is 1.03 bits per heavy atom. The van der Waals surface area contributed by atoms with Crippen LogP contribution in [-0.2, 0) is 30.0 Å². The topological polar surface area (TPSA) is 143 Å². The number of aromatic nitrogens is 6. The normalized spacial score (nSPS) is 10.6. The number of hydrogen-bond donors (Lipinski definition) is 1. The molecule has 0 bridgehead atoms. The van der Waals surface area contributed by atoms with Crippen molar-refractivity contribution in [2.45, 2.75) is 6.42 Å². The minimum Gasteiger partial charge on any atom is -0.469 e. The van der Waals surface area contributed by atoms with Crippen LogP contribution in [0.2, 0.25) is 0 Å². The van der Waals surface area contributed by atoms with Crippen molar-refractivity contribution in [3.8, 4) is 22.8 Å². The third kappa shape index (κ3) is 5.38. The van der Waals surface area contributed by atoms with Crippen molar-refractivity contribution >= 4 is 17.7 Å². The molecular formula is C23H21N7O5. The molecule has 4 aromatic rings. The van der Waals surface area contributed by atoms with Crippen LogP contribution in [0.3, 0.4) is 0 Å². The molecule has 35 heavy (non-hydrogen) atoms. The maximum atomic E-state index is 12.6. The summed E-state index contributed by atoms with van der Waals surface area (Å²) in [5.41, 5.74) is 0.773. The molecule has 0 spiro atoms. The number of esters is 1. The molecule has 0 radical (unpaired) electrons. The van der Waals surface area contributed by atoms with Gasteiger partial charge in [-0.05, 0) is 18.2 Å². The second kappa shape index (κ2) is 9.95. The minimum absolute atomic E-state index is 0.181. The summed E-state index contributed by atoms with van der Waals surface area (Å²) in [6.45, 7) is 0. The number of pyridine rings is 2. The van der Waals surface area contributed by atoms with Crippen molar-refractivity contribution in [2.75, 3.05) is 12.4 Å². The van der Waals surface area contributed by atoms with E-state index in [1.165, 1.54) is 20.4 Å². The Hall–Kier alpha value is -4.87. The molecule has 4 aromatic heterocycles. The third-order valence-electron chi connectivity index (χ3n) is 4.99. The Bertz CT molecular complexity index is 1440. The standard InChI is InChI=1S/C23H21N7O5/c1-29-13-14(10-27-29)18-8-15(6-7-24-18)35-16-4-5-19(25-11-16)28-22(32)17-12-26-20(9-21(31)34-3)30(2)23(17)33/h4-8,10-13H,9H2,1-3H3,(H,25,28,32). The average Bonchev–Trinajstić information content (AvgIpc) is 3.29. The molecule has 12 heteroatoms. The van der Waals surface area contributed by atoms with Gasteiger partial charge in [0.2, 0.25) is 0 Å². The first-order valence-electron chi connectivity index (χ1n) is 10.4. The van der Waals surface area contributed by atoms with Gasteiger partial charge in [0.05, 0.1) is 25.2 Å². The number of hydrogen-bond acceptors (Lipinski definition) is 9. The van der Waals surface area contributed by atoms with Crippen molar-refractivity contribution in [2.24, 2.45) is 14.1 Å². The molecule has 0 saturated heterocycles. The number of carbonyl (C=O) groups is 2. The van der Waals surface area contributed by atoms with Crippen LogP contribution in [0.15, 0.2) is 60.0 Å². The molecule has 1 N–H and O–H groups in total. The van der Waals surface area contributed by atoms with E-state index < -0.39 is 17.4 Å². The highest BCUT2D eigenvalue weighted by atomic mass is 16.5. The number of nitrogens with zero attached hydrogens (tertiary/aromatic N) is 6. The number of rotatable bonds is 7. The lowest BCUT2D eigenvalue weighted by Gasteiger charge is -2.10. The van der Waals surface area contributed by atoms with Crippen LogP contribution in [0.25, 0.3) is 11.3 Å². The van der Waals surface area contributed by atoms with E-state index in [1.807, 2.05) is 13.2 Å². The molecule has 4 rings (SSSR count). The van der Waals surface area contributed by atoms with Crippen LogP contribution in [0.5, 0.6) is 11.5 Å². The SMILES string of the molecule is COC(=O)Cc1ncc(C(=O)Nc2ccc(Oc3ccnc(-c4cnn(C)c4)c3)cn2)c(=O)n1C. The molecule has 0 atom stereocenters. The van der Waals surface area contributed by atoms with E-state index in [1.54, 1.807) is 41.3 Å². The third-order valence-corrected chi connectivity index (χ3v) is 4.99. The molecule has 0 aromatic carbocycles. The monoisotopic (exact) mass is 475 g/mol. The first-order valence-corrected chi connectivity index (χ1v) is 10.4. The maximum Gasteiger partial charge on any atom is 0.313 e. The Balaban J connectivity index is 1.43. The molecule has 12 nitrogen and oxygen atoms in total. The number of methoxy groups -OCH3 is 1. The van der Waals surface area contributed by atoms with Gasteiger partial charge in [-0.25, -0.2) is 9.97 Å². The van der Waals surface area contributed by atoms with E-state index in [9.17, 15) is 14.4 Å². The van der Waals surface area contributed by atoms with Crippen LogP contribution >= 0.6 is 0 Å². The van der Waals surface area contributed by atoms with Gasteiger partial charge in [-0.2, -0.15) is 5.10 Å². The van der Waals surface area contributed by atoms with Crippen molar-refractivity contribution in [3.63, 3.8) is 0 Å². The summed E-state index contributed by atoms with van der Waals surface area (Å²) in [6.07, 6.45) is 7.56. The molecule has 1 amide bonds. The zero-order chi connectivity index (χ0) is 24.9. The lowest BCUT2D eigenvalue weighted by Crippen LogP contribution is -2.31. The van der Waals surface area contributed by atoms with E-state index in [0.29, 0.717) is 17.2 Å². The number of ether oxygens (including phenoxy) is 2. The molecule has 0 aliphatic carbocycles. The van der Waals surface area contributed by atoms with Crippen molar-refractivity contribution in [3.05, 3.63) is 77.0 Å². The van der Waals surface area contributed by atoms with Gasteiger partial charge < -0.3 is 14.8 Å². The molecular weight excluding hydrogens is 454 g/mol. The predicted octanol–water partition coefficient (Wildman–Crippen LogP) is 1.73. The van der Waals surface area contributed by atoms with Gasteiger partial charge in [-0.1, -0.05) is 0 Å². The number of anilines is 1. The Morgan fingerprint density at radius 3 is 2.54 bits per heavy atom. The number of aryl methyl sites for hydroxylation is 1. The summed E-state index contributed by atoms with van der Waals surface area (Å²) < 4.78 is 13.2. The van der Waals surface area contributed by atoms with E-state index in [-0.39, 0.29) is 23.6 Å². The Kier molecular flexibility index (Phi) is 6.62. The van der Waals surface area contributed by atoms with E-state index in [2.05, 4.69) is 30.1 Å². The van der Waals surface area contributed by atoms with Gasteiger partial charge >= 0.3 is 5.97 Å². The fraction of sp³-hybridized carbons (Fsp3) is 0.174. The predicted molar refractivity (Wildman–Crippen MR) is 124 cm³/mol. The highest BCUT2D eigenvalue weighted by Crippen LogP contribution is 2.25. The van der Waals surface area contributed by atoms with Crippen LogP contribution in [0.4, 0.5) is 5.82 Å². The van der Waals surface area contributed by atoms with E-state index in [0.717, 1.165) is 16.3 Å².